The fourth-order valence-electron chi connectivity index (χ4n) is 0.593. The monoisotopic (exact) mass is 252 g/mol. The van der Waals surface area contributed by atoms with E-state index in [-0.39, 0.29) is 6.04 Å². The van der Waals surface area contributed by atoms with Gasteiger partial charge in [0.15, 0.2) is 0 Å². The zero-order chi connectivity index (χ0) is 7.56. The van der Waals surface area contributed by atoms with E-state index in [1.165, 1.54) is 0 Å². The molecule has 10 heavy (non-hydrogen) atoms. The second-order valence-electron chi connectivity index (χ2n) is 2.10. The molecule has 4 heteroatoms. The molecule has 1 aromatic rings. The Kier molecular flexibility index (Phi) is 2.67. The molecule has 3 nitrogen and oxygen atoms in total. The quantitative estimate of drug-likeness (QED) is 0.642. The summed E-state index contributed by atoms with van der Waals surface area (Å²) < 4.78 is 5.95. The van der Waals surface area contributed by atoms with Gasteiger partial charge >= 0.3 is 0 Å². The second kappa shape index (κ2) is 3.34. The van der Waals surface area contributed by atoms with Crippen molar-refractivity contribution in [1.29, 1.82) is 0 Å². The maximum absolute atomic E-state index is 5.52. The molecule has 1 unspecified atom stereocenters. The van der Waals surface area contributed by atoms with E-state index in [9.17, 15) is 0 Å². The molecule has 1 rings (SSSR count). The fourth-order valence-corrected chi connectivity index (χ4v) is 0.944. The van der Waals surface area contributed by atoms with Crippen molar-refractivity contribution in [3.05, 3.63) is 17.8 Å². The van der Waals surface area contributed by atoms with E-state index in [2.05, 4.69) is 27.6 Å². The van der Waals surface area contributed by atoms with Crippen molar-refractivity contribution in [1.82, 2.24) is 4.98 Å². The van der Waals surface area contributed by atoms with Crippen molar-refractivity contribution >= 4 is 22.6 Å². The zero-order valence-electron chi connectivity index (χ0n) is 5.67. The Morgan fingerprint density at radius 1 is 1.90 bits per heavy atom. The first-order valence-corrected chi connectivity index (χ1v) is 4.52. The summed E-state index contributed by atoms with van der Waals surface area (Å²) in [5.41, 5.74) is 6.47. The number of nitrogens with zero attached hydrogens (tertiary/aromatic N) is 1. The third kappa shape index (κ3) is 1.69. The highest BCUT2D eigenvalue weighted by Gasteiger charge is 2.05. The molecule has 0 saturated heterocycles. The summed E-state index contributed by atoms with van der Waals surface area (Å²) in [6.07, 6.45) is 1.64. The molecular weight excluding hydrogens is 243 g/mol. The highest BCUT2D eigenvalue weighted by atomic mass is 127. The van der Waals surface area contributed by atoms with Gasteiger partial charge in [-0.3, -0.25) is 0 Å². The number of rotatable bonds is 2. The first kappa shape index (κ1) is 8.00. The summed E-state index contributed by atoms with van der Waals surface area (Å²) in [5.74, 6) is 0.617. The van der Waals surface area contributed by atoms with Crippen molar-refractivity contribution in [2.75, 3.05) is 0 Å². The largest absolute Gasteiger partial charge is 0.447 e. The summed E-state index contributed by atoms with van der Waals surface area (Å²) in [4.78, 5) is 4.13. The maximum Gasteiger partial charge on any atom is 0.210 e. The molecule has 0 amide bonds. The lowest BCUT2D eigenvalue weighted by molar-refractivity contribution is 0.463. The van der Waals surface area contributed by atoms with Crippen LogP contribution in [0.3, 0.4) is 0 Å². The summed E-state index contributed by atoms with van der Waals surface area (Å²) in [6, 6.07) is -0.100. The highest BCUT2D eigenvalue weighted by Crippen LogP contribution is 2.10. The van der Waals surface area contributed by atoms with E-state index in [4.69, 9.17) is 10.2 Å². The molecule has 0 bridgehead atoms. The van der Waals surface area contributed by atoms with Gasteiger partial charge in [-0.2, -0.15) is 0 Å². The predicted octanol–water partition coefficient (Wildman–Crippen LogP) is 1.63. The smallest absolute Gasteiger partial charge is 0.210 e. The van der Waals surface area contributed by atoms with Gasteiger partial charge in [0.1, 0.15) is 6.26 Å². The average molecular weight is 252 g/mol. The van der Waals surface area contributed by atoms with Crippen LogP contribution in [0.2, 0.25) is 0 Å². The van der Waals surface area contributed by atoms with Crippen LogP contribution < -0.4 is 5.73 Å². The Morgan fingerprint density at radius 2 is 2.60 bits per heavy atom. The molecule has 1 heterocycles. The molecule has 1 atom stereocenters. The van der Waals surface area contributed by atoms with E-state index in [1.807, 2.05) is 6.92 Å². The molecule has 0 aromatic carbocycles. The van der Waals surface area contributed by atoms with Crippen LogP contribution in [0, 0.1) is 0 Å². The molecule has 0 radical (unpaired) electrons. The van der Waals surface area contributed by atoms with Gasteiger partial charge in [0, 0.05) is 4.43 Å². The zero-order valence-corrected chi connectivity index (χ0v) is 7.83. The Bertz CT molecular complexity index is 209. The number of hydrogen-bond acceptors (Lipinski definition) is 3. The van der Waals surface area contributed by atoms with E-state index >= 15 is 0 Å². The van der Waals surface area contributed by atoms with Crippen molar-refractivity contribution in [2.24, 2.45) is 5.73 Å². The van der Waals surface area contributed by atoms with Crippen molar-refractivity contribution in [2.45, 2.75) is 17.4 Å². The van der Waals surface area contributed by atoms with E-state index in [0.717, 1.165) is 10.1 Å². The fraction of sp³-hybridized carbons (Fsp3) is 0.500. The molecule has 0 saturated carbocycles. The summed E-state index contributed by atoms with van der Waals surface area (Å²) >= 11 is 2.23. The predicted molar refractivity (Wildman–Crippen MR) is 46.8 cm³/mol. The topological polar surface area (TPSA) is 52.0 Å². The third-order valence-corrected chi connectivity index (χ3v) is 1.88. The van der Waals surface area contributed by atoms with Gasteiger partial charge in [0.25, 0.3) is 0 Å². The molecule has 0 aliphatic heterocycles. The van der Waals surface area contributed by atoms with Crippen LogP contribution in [-0.4, -0.2) is 4.98 Å². The van der Waals surface area contributed by atoms with Crippen LogP contribution in [-0.2, 0) is 4.43 Å². The van der Waals surface area contributed by atoms with Crippen LogP contribution in [0.5, 0.6) is 0 Å². The van der Waals surface area contributed by atoms with Gasteiger partial charge < -0.3 is 10.2 Å². The minimum atomic E-state index is -0.100. The molecule has 0 spiro atoms. The van der Waals surface area contributed by atoms with Gasteiger partial charge in [0.2, 0.25) is 5.89 Å². The lowest BCUT2D eigenvalue weighted by Gasteiger charge is -1.94. The van der Waals surface area contributed by atoms with Crippen molar-refractivity contribution < 1.29 is 4.42 Å². The molecule has 56 valence electrons. The molecule has 1 aromatic heterocycles. The van der Waals surface area contributed by atoms with E-state index in [1.54, 1.807) is 6.26 Å². The molecule has 0 fully saturated rings. The summed E-state index contributed by atoms with van der Waals surface area (Å²) in [5, 5.41) is 0. The standard InChI is InChI=1S/C6H9IN2O/c1-4(8)6-9-5(2-7)3-10-6/h3-4H,2,8H2,1H3. The SMILES string of the molecule is CC(N)c1nc(CI)co1. The highest BCUT2D eigenvalue weighted by molar-refractivity contribution is 14.1. The maximum atomic E-state index is 5.52. The van der Waals surface area contributed by atoms with Crippen LogP contribution in [0.15, 0.2) is 10.7 Å². The lowest BCUT2D eigenvalue weighted by atomic mass is 10.4. The van der Waals surface area contributed by atoms with Crippen LogP contribution in [0.25, 0.3) is 0 Å². The van der Waals surface area contributed by atoms with Crippen LogP contribution in [0.1, 0.15) is 24.6 Å². The Morgan fingerprint density at radius 3 is 2.90 bits per heavy atom. The minimum Gasteiger partial charge on any atom is -0.447 e. The number of halogens is 1. The number of aromatic nitrogens is 1. The van der Waals surface area contributed by atoms with E-state index < -0.39 is 0 Å². The van der Waals surface area contributed by atoms with Gasteiger partial charge in [-0.05, 0) is 6.92 Å². The number of nitrogens with two attached hydrogens (primary N) is 1. The molecule has 0 aliphatic rings. The van der Waals surface area contributed by atoms with Gasteiger partial charge in [-0.1, -0.05) is 22.6 Å². The first-order chi connectivity index (χ1) is 4.74. The Hall–Kier alpha value is -0.100. The van der Waals surface area contributed by atoms with Crippen LogP contribution in [0.4, 0.5) is 0 Å². The van der Waals surface area contributed by atoms with Crippen molar-refractivity contribution in [3.63, 3.8) is 0 Å². The molecular formula is C6H9IN2O. The summed E-state index contributed by atoms with van der Waals surface area (Å²) in [7, 11) is 0. The Balaban J connectivity index is 2.78. The number of oxazole rings is 1. The van der Waals surface area contributed by atoms with Crippen LogP contribution >= 0.6 is 22.6 Å². The van der Waals surface area contributed by atoms with Gasteiger partial charge in [-0.25, -0.2) is 4.98 Å². The van der Waals surface area contributed by atoms with E-state index in [0.29, 0.717) is 5.89 Å². The molecule has 2 N–H and O–H groups in total. The van der Waals surface area contributed by atoms with Crippen molar-refractivity contribution in [3.8, 4) is 0 Å². The second-order valence-corrected chi connectivity index (χ2v) is 2.86. The van der Waals surface area contributed by atoms with Gasteiger partial charge in [-0.15, -0.1) is 0 Å². The molecule has 0 aliphatic carbocycles. The normalized spacial score (nSPS) is 13.5. The average Bonchev–Trinajstić information content (AvgIpc) is 2.34. The third-order valence-electron chi connectivity index (χ3n) is 1.10. The lowest BCUT2D eigenvalue weighted by Crippen LogP contribution is -2.04. The minimum absolute atomic E-state index is 0.100. The van der Waals surface area contributed by atoms with Gasteiger partial charge in [0.05, 0.1) is 11.7 Å². The number of alkyl halides is 1. The summed E-state index contributed by atoms with van der Waals surface area (Å²) in [6.45, 7) is 1.85. The Labute approximate surface area is 73.1 Å². The number of hydrogen-bond donors (Lipinski definition) is 1. The first-order valence-electron chi connectivity index (χ1n) is 3.00.